The molecule has 3 N–H and O–H groups in total. The lowest BCUT2D eigenvalue weighted by atomic mass is 10.1. The molecule has 0 aromatic rings. The highest BCUT2D eigenvalue weighted by Crippen LogP contribution is 2.43. The lowest BCUT2D eigenvalue weighted by Crippen LogP contribution is -2.29. The van der Waals surface area contributed by atoms with Gasteiger partial charge >= 0.3 is 19.8 Å². The Kier molecular flexibility index (Phi) is 39.2. The highest BCUT2D eigenvalue weighted by molar-refractivity contribution is 7.47. The number of unbranched alkanes of at least 4 members (excludes halogenated alkanes) is 14. The highest BCUT2D eigenvalue weighted by Gasteiger charge is 2.25. The fraction of sp³-hybridized carbons (Fsp3) is 0.689. The first kappa shape index (κ1) is 52.5. The summed E-state index contributed by atoms with van der Waals surface area (Å²) >= 11 is 0. The van der Waals surface area contributed by atoms with Gasteiger partial charge in [-0.1, -0.05) is 151 Å². The van der Waals surface area contributed by atoms with Gasteiger partial charge in [-0.25, -0.2) is 4.57 Å². The number of hydrogen-bond donors (Lipinski definition) is 2. The molecule has 0 aromatic heterocycles. The standard InChI is InChI=1S/C45H78NO8P/c1-3-5-7-9-11-13-15-17-19-21-23-25-27-29-31-33-35-37-44(47)51-41-43(42-53-55(49,50)52-40-39-46)54-45(48)38-36-34-32-30-28-26-24-22-20-18-16-14-12-10-8-6-4-2/h17-20,23-26,29-32,43H,3-16,21-22,27-28,33-42,46H2,1-2H3,(H,49,50)/t43-/m1/s1. The van der Waals surface area contributed by atoms with Crippen LogP contribution in [-0.2, 0) is 32.7 Å². The second-order valence-corrected chi connectivity index (χ2v) is 15.3. The second kappa shape index (κ2) is 41.1. The lowest BCUT2D eigenvalue weighted by Gasteiger charge is -2.19. The smallest absolute Gasteiger partial charge is 0.462 e. The second-order valence-electron chi connectivity index (χ2n) is 13.8. The van der Waals surface area contributed by atoms with Gasteiger partial charge in [-0.15, -0.1) is 0 Å². The lowest BCUT2D eigenvalue weighted by molar-refractivity contribution is -0.161. The number of carbonyl (C=O) groups excluding carboxylic acids is 2. The topological polar surface area (TPSA) is 134 Å². The van der Waals surface area contributed by atoms with Crippen LogP contribution in [0.2, 0.25) is 0 Å². The van der Waals surface area contributed by atoms with E-state index >= 15 is 0 Å². The van der Waals surface area contributed by atoms with Crippen molar-refractivity contribution >= 4 is 19.8 Å². The number of phosphoric ester groups is 1. The van der Waals surface area contributed by atoms with E-state index in [2.05, 4.69) is 74.6 Å². The fourth-order valence-corrected chi connectivity index (χ4v) is 6.14. The minimum Gasteiger partial charge on any atom is -0.462 e. The molecule has 0 radical (unpaired) electrons. The van der Waals surface area contributed by atoms with Crippen molar-refractivity contribution < 1.29 is 37.6 Å². The Morgan fingerprint density at radius 1 is 0.545 bits per heavy atom. The maximum absolute atomic E-state index is 12.5. The first-order chi connectivity index (χ1) is 26.8. The van der Waals surface area contributed by atoms with Gasteiger partial charge in [0.2, 0.25) is 0 Å². The van der Waals surface area contributed by atoms with Crippen LogP contribution in [0.5, 0.6) is 0 Å². The van der Waals surface area contributed by atoms with E-state index in [-0.39, 0.29) is 32.6 Å². The molecule has 0 saturated heterocycles. The molecule has 0 fully saturated rings. The Balaban J connectivity index is 4.35. The average Bonchev–Trinajstić information content (AvgIpc) is 3.17. The van der Waals surface area contributed by atoms with Gasteiger partial charge < -0.3 is 20.1 Å². The van der Waals surface area contributed by atoms with Crippen molar-refractivity contribution in [3.8, 4) is 0 Å². The monoisotopic (exact) mass is 792 g/mol. The van der Waals surface area contributed by atoms with E-state index in [1.807, 2.05) is 12.2 Å². The van der Waals surface area contributed by atoms with E-state index in [0.717, 1.165) is 44.9 Å². The first-order valence-corrected chi connectivity index (χ1v) is 22.9. The number of nitrogens with two attached hydrogens (primary N) is 1. The largest absolute Gasteiger partial charge is 0.472 e. The number of esters is 2. The molecule has 0 rings (SSSR count). The highest BCUT2D eigenvalue weighted by atomic mass is 31.2. The summed E-state index contributed by atoms with van der Waals surface area (Å²) in [6, 6.07) is 0. The van der Waals surface area contributed by atoms with Crippen LogP contribution in [0.4, 0.5) is 0 Å². The Hall–Kier alpha value is -2.55. The first-order valence-electron chi connectivity index (χ1n) is 21.4. The van der Waals surface area contributed by atoms with Gasteiger partial charge in [0.25, 0.3) is 0 Å². The van der Waals surface area contributed by atoms with Gasteiger partial charge in [-0.2, -0.15) is 0 Å². The summed E-state index contributed by atoms with van der Waals surface area (Å²) in [6.45, 7) is 3.59. The van der Waals surface area contributed by atoms with Gasteiger partial charge in [0, 0.05) is 19.4 Å². The van der Waals surface area contributed by atoms with Crippen molar-refractivity contribution in [2.24, 2.45) is 5.73 Å². The number of rotatable bonds is 39. The van der Waals surface area contributed by atoms with Gasteiger partial charge in [0.05, 0.1) is 13.2 Å². The predicted octanol–water partition coefficient (Wildman–Crippen LogP) is 12.3. The summed E-state index contributed by atoms with van der Waals surface area (Å²) in [7, 11) is -4.40. The van der Waals surface area contributed by atoms with Crippen LogP contribution >= 0.6 is 7.82 Å². The molecule has 9 nitrogen and oxygen atoms in total. The van der Waals surface area contributed by atoms with E-state index in [4.69, 9.17) is 24.3 Å². The molecule has 0 spiro atoms. The molecule has 316 valence electrons. The van der Waals surface area contributed by atoms with E-state index in [0.29, 0.717) is 19.3 Å². The number of ether oxygens (including phenoxy) is 2. The van der Waals surface area contributed by atoms with Crippen LogP contribution in [0.25, 0.3) is 0 Å². The summed E-state index contributed by atoms with van der Waals surface area (Å²) in [6.07, 6.45) is 49.5. The number of hydrogen-bond acceptors (Lipinski definition) is 8. The molecular weight excluding hydrogens is 713 g/mol. The molecule has 0 amide bonds. The van der Waals surface area contributed by atoms with Crippen LogP contribution in [0.1, 0.15) is 168 Å². The fourth-order valence-electron chi connectivity index (χ4n) is 5.37. The minimum atomic E-state index is -4.40. The molecule has 55 heavy (non-hydrogen) atoms. The molecule has 0 aliphatic heterocycles. The number of phosphoric acid groups is 1. The Morgan fingerprint density at radius 3 is 1.40 bits per heavy atom. The number of allylic oxidation sites excluding steroid dienone is 12. The van der Waals surface area contributed by atoms with E-state index in [1.54, 1.807) is 0 Å². The molecule has 0 heterocycles. The third kappa shape index (κ3) is 40.9. The van der Waals surface area contributed by atoms with E-state index in [1.165, 1.54) is 77.0 Å². The molecule has 2 atom stereocenters. The Labute approximate surface area is 335 Å². The molecule has 0 aromatic carbocycles. The molecule has 0 aliphatic rings. The van der Waals surface area contributed by atoms with Gasteiger partial charge in [0.1, 0.15) is 6.61 Å². The van der Waals surface area contributed by atoms with Crippen molar-refractivity contribution in [1.82, 2.24) is 0 Å². The molecule has 1 unspecified atom stereocenters. The summed E-state index contributed by atoms with van der Waals surface area (Å²) in [5, 5.41) is 0. The minimum absolute atomic E-state index is 0.0360. The molecular formula is C45H78NO8P. The molecule has 0 saturated carbocycles. The zero-order chi connectivity index (χ0) is 40.3. The molecule has 0 aliphatic carbocycles. The SMILES string of the molecule is CCCCCCCCC=CCC=CCC=CCCCC(=O)OC[C@H](COP(=O)(O)OCCN)OC(=O)CCCC=CCC=CCC=CCCCCCCCC. The van der Waals surface area contributed by atoms with Crippen LogP contribution in [0.3, 0.4) is 0 Å². The van der Waals surface area contributed by atoms with Crippen molar-refractivity contribution in [3.63, 3.8) is 0 Å². The van der Waals surface area contributed by atoms with Crippen molar-refractivity contribution in [2.75, 3.05) is 26.4 Å². The Morgan fingerprint density at radius 2 is 0.945 bits per heavy atom. The van der Waals surface area contributed by atoms with Gasteiger partial charge in [-0.3, -0.25) is 18.6 Å². The molecule has 10 heteroatoms. The number of carbonyl (C=O) groups is 2. The summed E-state index contributed by atoms with van der Waals surface area (Å²) in [4.78, 5) is 34.8. The summed E-state index contributed by atoms with van der Waals surface area (Å²) in [5.41, 5.74) is 5.34. The zero-order valence-electron chi connectivity index (χ0n) is 34.6. The average molecular weight is 792 g/mol. The van der Waals surface area contributed by atoms with Crippen LogP contribution in [0.15, 0.2) is 72.9 Å². The van der Waals surface area contributed by atoms with Crippen LogP contribution in [0, 0.1) is 0 Å². The van der Waals surface area contributed by atoms with Crippen LogP contribution < -0.4 is 5.73 Å². The third-order valence-electron chi connectivity index (χ3n) is 8.56. The quantitative estimate of drug-likeness (QED) is 0.0270. The van der Waals surface area contributed by atoms with Crippen molar-refractivity contribution in [2.45, 2.75) is 174 Å². The normalized spacial score (nSPS) is 14.0. The van der Waals surface area contributed by atoms with Crippen molar-refractivity contribution in [1.29, 1.82) is 0 Å². The maximum atomic E-state index is 12.5. The van der Waals surface area contributed by atoms with Crippen LogP contribution in [-0.4, -0.2) is 49.3 Å². The third-order valence-corrected chi connectivity index (χ3v) is 9.55. The zero-order valence-corrected chi connectivity index (χ0v) is 35.5. The van der Waals surface area contributed by atoms with Crippen molar-refractivity contribution in [3.05, 3.63) is 72.9 Å². The Bertz CT molecular complexity index is 1130. The summed E-state index contributed by atoms with van der Waals surface area (Å²) < 4.78 is 32.6. The molecule has 0 bridgehead atoms. The van der Waals surface area contributed by atoms with Gasteiger partial charge in [0.15, 0.2) is 6.10 Å². The van der Waals surface area contributed by atoms with Gasteiger partial charge in [-0.05, 0) is 77.0 Å². The van der Waals surface area contributed by atoms with E-state index in [9.17, 15) is 19.0 Å². The summed E-state index contributed by atoms with van der Waals surface area (Å²) in [5.74, 6) is -0.957. The maximum Gasteiger partial charge on any atom is 0.472 e. The van der Waals surface area contributed by atoms with E-state index < -0.39 is 32.5 Å². The predicted molar refractivity (Wildman–Crippen MR) is 229 cm³/mol.